The molecule has 4 heteroatoms. The molecule has 1 aromatic rings. The number of aliphatic hydroxyl groups excluding tert-OH is 1. The van der Waals surface area contributed by atoms with Crippen LogP contribution in [0.25, 0.3) is 0 Å². The fourth-order valence-electron chi connectivity index (χ4n) is 2.30. The molecule has 3 nitrogen and oxygen atoms in total. The molecule has 1 aromatic carbocycles. The Kier molecular flexibility index (Phi) is 3.84. The van der Waals surface area contributed by atoms with Gasteiger partial charge in [0.2, 0.25) is 0 Å². The van der Waals surface area contributed by atoms with Crippen molar-refractivity contribution >= 4 is 21.8 Å². The van der Waals surface area contributed by atoms with Crippen LogP contribution in [0.4, 0.5) is 0 Å². The SMILES string of the molecule is CC1CCN(C(=O)c2ccc(Br)cc2)C1CO. The molecule has 2 unspecified atom stereocenters. The minimum Gasteiger partial charge on any atom is -0.394 e. The summed E-state index contributed by atoms with van der Waals surface area (Å²) in [5, 5.41) is 9.35. The van der Waals surface area contributed by atoms with Crippen molar-refractivity contribution in [2.24, 2.45) is 5.92 Å². The molecule has 0 radical (unpaired) electrons. The Balaban J connectivity index is 2.17. The van der Waals surface area contributed by atoms with E-state index in [0.29, 0.717) is 11.5 Å². The highest BCUT2D eigenvalue weighted by Gasteiger charge is 2.34. The molecule has 1 heterocycles. The fraction of sp³-hybridized carbons (Fsp3) is 0.462. The quantitative estimate of drug-likeness (QED) is 0.910. The van der Waals surface area contributed by atoms with Crippen molar-refractivity contribution in [3.8, 4) is 0 Å². The molecule has 0 spiro atoms. The maximum absolute atomic E-state index is 12.3. The predicted molar refractivity (Wildman–Crippen MR) is 69.8 cm³/mol. The number of rotatable bonds is 2. The molecule has 2 rings (SSSR count). The van der Waals surface area contributed by atoms with Gasteiger partial charge in [0.25, 0.3) is 5.91 Å². The van der Waals surface area contributed by atoms with Gasteiger partial charge in [-0.3, -0.25) is 4.79 Å². The van der Waals surface area contributed by atoms with Crippen LogP contribution < -0.4 is 0 Å². The van der Waals surface area contributed by atoms with E-state index in [1.807, 2.05) is 24.3 Å². The van der Waals surface area contributed by atoms with Crippen LogP contribution in [0.15, 0.2) is 28.7 Å². The summed E-state index contributed by atoms with van der Waals surface area (Å²) < 4.78 is 0.961. The van der Waals surface area contributed by atoms with Crippen LogP contribution in [0, 0.1) is 5.92 Å². The lowest BCUT2D eigenvalue weighted by molar-refractivity contribution is 0.0648. The van der Waals surface area contributed by atoms with E-state index in [1.54, 1.807) is 4.90 Å². The Bertz CT molecular complexity index is 404. The number of hydrogen-bond donors (Lipinski definition) is 1. The number of nitrogens with zero attached hydrogens (tertiary/aromatic N) is 1. The first kappa shape index (κ1) is 12.6. The van der Waals surface area contributed by atoms with E-state index in [0.717, 1.165) is 17.4 Å². The van der Waals surface area contributed by atoms with Gasteiger partial charge in [-0.05, 0) is 36.6 Å². The van der Waals surface area contributed by atoms with Gasteiger partial charge in [0.05, 0.1) is 12.6 Å². The zero-order valence-corrected chi connectivity index (χ0v) is 11.4. The number of carbonyl (C=O) groups excluding carboxylic acids is 1. The third-order valence-corrected chi connectivity index (χ3v) is 3.95. The van der Waals surface area contributed by atoms with Crippen LogP contribution in [0.1, 0.15) is 23.7 Å². The molecule has 0 aliphatic carbocycles. The Labute approximate surface area is 110 Å². The summed E-state index contributed by atoms with van der Waals surface area (Å²) in [7, 11) is 0. The van der Waals surface area contributed by atoms with Crippen LogP contribution >= 0.6 is 15.9 Å². The Morgan fingerprint density at radius 2 is 2.12 bits per heavy atom. The molecule has 0 bridgehead atoms. The standard InChI is InChI=1S/C13H16BrNO2/c1-9-6-7-15(12(9)8-16)13(17)10-2-4-11(14)5-3-10/h2-5,9,12,16H,6-8H2,1H3. The van der Waals surface area contributed by atoms with Crippen molar-refractivity contribution in [2.75, 3.05) is 13.2 Å². The van der Waals surface area contributed by atoms with Gasteiger partial charge in [-0.1, -0.05) is 22.9 Å². The Hall–Kier alpha value is -0.870. The van der Waals surface area contributed by atoms with Gasteiger partial charge in [-0.15, -0.1) is 0 Å². The summed E-state index contributed by atoms with van der Waals surface area (Å²) in [6.45, 7) is 2.86. The average molecular weight is 298 g/mol. The van der Waals surface area contributed by atoms with Crippen molar-refractivity contribution < 1.29 is 9.90 Å². The number of aliphatic hydroxyl groups is 1. The minimum atomic E-state index is -0.0360. The Morgan fingerprint density at radius 3 is 2.71 bits per heavy atom. The number of amides is 1. The third kappa shape index (κ3) is 2.53. The number of halogens is 1. The first-order valence-corrected chi connectivity index (χ1v) is 6.60. The summed E-state index contributed by atoms with van der Waals surface area (Å²) in [5.41, 5.74) is 0.681. The smallest absolute Gasteiger partial charge is 0.254 e. The van der Waals surface area contributed by atoms with Crippen LogP contribution in [-0.2, 0) is 0 Å². The first-order valence-electron chi connectivity index (χ1n) is 5.81. The Morgan fingerprint density at radius 1 is 1.47 bits per heavy atom. The van der Waals surface area contributed by atoms with Crippen molar-refractivity contribution in [2.45, 2.75) is 19.4 Å². The zero-order valence-electron chi connectivity index (χ0n) is 9.77. The van der Waals surface area contributed by atoms with Crippen molar-refractivity contribution in [1.29, 1.82) is 0 Å². The second kappa shape index (κ2) is 5.19. The van der Waals surface area contributed by atoms with E-state index in [-0.39, 0.29) is 18.6 Å². The zero-order chi connectivity index (χ0) is 12.4. The van der Waals surface area contributed by atoms with E-state index >= 15 is 0 Å². The second-order valence-electron chi connectivity index (χ2n) is 4.52. The molecule has 1 fully saturated rings. The van der Waals surface area contributed by atoms with Crippen molar-refractivity contribution in [1.82, 2.24) is 4.90 Å². The van der Waals surface area contributed by atoms with Crippen LogP contribution in [0.5, 0.6) is 0 Å². The van der Waals surface area contributed by atoms with E-state index in [4.69, 9.17) is 0 Å². The molecule has 1 aliphatic rings. The molecule has 17 heavy (non-hydrogen) atoms. The van der Waals surface area contributed by atoms with Gasteiger partial charge in [0.15, 0.2) is 0 Å². The number of likely N-dealkylation sites (tertiary alicyclic amines) is 1. The van der Waals surface area contributed by atoms with Gasteiger partial charge in [-0.2, -0.15) is 0 Å². The highest BCUT2D eigenvalue weighted by atomic mass is 79.9. The molecule has 92 valence electrons. The van der Waals surface area contributed by atoms with E-state index < -0.39 is 0 Å². The normalized spacial score (nSPS) is 24.1. The summed E-state index contributed by atoms with van der Waals surface area (Å²) >= 11 is 3.35. The monoisotopic (exact) mass is 297 g/mol. The van der Waals surface area contributed by atoms with E-state index in [9.17, 15) is 9.90 Å². The minimum absolute atomic E-state index is 0.0147. The molecule has 1 saturated heterocycles. The number of carbonyl (C=O) groups is 1. The first-order chi connectivity index (χ1) is 8.13. The van der Waals surface area contributed by atoms with E-state index in [1.165, 1.54) is 0 Å². The summed E-state index contributed by atoms with van der Waals surface area (Å²) in [5.74, 6) is 0.389. The van der Waals surface area contributed by atoms with Crippen molar-refractivity contribution in [3.05, 3.63) is 34.3 Å². The average Bonchev–Trinajstić information content (AvgIpc) is 2.70. The lowest BCUT2D eigenvalue weighted by Crippen LogP contribution is -2.39. The van der Waals surface area contributed by atoms with Crippen LogP contribution in [-0.4, -0.2) is 35.1 Å². The highest BCUT2D eigenvalue weighted by molar-refractivity contribution is 9.10. The third-order valence-electron chi connectivity index (χ3n) is 3.42. The van der Waals surface area contributed by atoms with E-state index in [2.05, 4.69) is 22.9 Å². The molecule has 1 aliphatic heterocycles. The number of hydrogen-bond acceptors (Lipinski definition) is 2. The van der Waals surface area contributed by atoms with Crippen molar-refractivity contribution in [3.63, 3.8) is 0 Å². The predicted octanol–water partition coefficient (Wildman–Crippen LogP) is 2.29. The molecule has 2 atom stereocenters. The van der Waals surface area contributed by atoms with Gasteiger partial charge in [0, 0.05) is 16.6 Å². The fourth-order valence-corrected chi connectivity index (χ4v) is 2.56. The van der Waals surface area contributed by atoms with Crippen LogP contribution in [0.3, 0.4) is 0 Å². The topological polar surface area (TPSA) is 40.5 Å². The van der Waals surface area contributed by atoms with Gasteiger partial charge < -0.3 is 10.0 Å². The second-order valence-corrected chi connectivity index (χ2v) is 5.44. The number of benzene rings is 1. The largest absolute Gasteiger partial charge is 0.394 e. The maximum Gasteiger partial charge on any atom is 0.254 e. The molecule has 0 saturated carbocycles. The van der Waals surface area contributed by atoms with Gasteiger partial charge >= 0.3 is 0 Å². The summed E-state index contributed by atoms with van der Waals surface area (Å²) in [4.78, 5) is 14.1. The summed E-state index contributed by atoms with van der Waals surface area (Å²) in [6, 6.07) is 7.31. The molecular weight excluding hydrogens is 282 g/mol. The molecule has 1 N–H and O–H groups in total. The van der Waals surface area contributed by atoms with Gasteiger partial charge in [0.1, 0.15) is 0 Å². The molecule has 0 aromatic heterocycles. The highest BCUT2D eigenvalue weighted by Crippen LogP contribution is 2.25. The summed E-state index contributed by atoms with van der Waals surface area (Å²) in [6.07, 6.45) is 0.966. The lowest BCUT2D eigenvalue weighted by atomic mass is 10.0. The molecular formula is C13H16BrNO2. The van der Waals surface area contributed by atoms with Gasteiger partial charge in [-0.25, -0.2) is 0 Å². The van der Waals surface area contributed by atoms with Crippen LogP contribution in [0.2, 0.25) is 0 Å². The molecule has 1 amide bonds. The lowest BCUT2D eigenvalue weighted by Gasteiger charge is -2.25. The maximum atomic E-state index is 12.3.